The number of phenolic OH excluding ortho intramolecular Hbond substituents is 1. The topological polar surface area (TPSA) is 68.0 Å². The van der Waals surface area contributed by atoms with Crippen molar-refractivity contribution in [3.8, 4) is 28.4 Å². The van der Waals surface area contributed by atoms with Crippen molar-refractivity contribution in [2.45, 2.75) is 58.3 Å². The van der Waals surface area contributed by atoms with Crippen LogP contribution in [0, 0.1) is 11.7 Å². The Morgan fingerprint density at radius 2 is 1.79 bits per heavy atom. The molecule has 5 rings (SSSR count). The van der Waals surface area contributed by atoms with E-state index in [4.69, 9.17) is 15.2 Å². The number of likely N-dealkylation sites (tertiary alicyclic amines) is 1. The molecule has 3 aromatic rings. The van der Waals surface area contributed by atoms with Crippen LogP contribution in [0.5, 0.6) is 17.2 Å². The summed E-state index contributed by atoms with van der Waals surface area (Å²) in [6.07, 6.45) is 8.31. The maximum atomic E-state index is 15.0. The molecule has 2 aliphatic rings. The van der Waals surface area contributed by atoms with Gasteiger partial charge in [0.05, 0.1) is 7.11 Å². The number of benzene rings is 3. The van der Waals surface area contributed by atoms with Gasteiger partial charge in [0, 0.05) is 35.3 Å². The first-order chi connectivity index (χ1) is 19.0. The number of aromatic hydroxyl groups is 1. The van der Waals surface area contributed by atoms with Gasteiger partial charge in [-0.15, -0.1) is 0 Å². The van der Waals surface area contributed by atoms with Crippen LogP contribution < -0.4 is 15.2 Å². The van der Waals surface area contributed by atoms with Crippen LogP contribution in [-0.4, -0.2) is 43.4 Å². The highest BCUT2D eigenvalue weighted by atomic mass is 19.1. The van der Waals surface area contributed by atoms with Gasteiger partial charge in [-0.25, -0.2) is 4.39 Å². The molecule has 3 aromatic carbocycles. The second-order valence-electron chi connectivity index (χ2n) is 11.0. The second kappa shape index (κ2) is 12.3. The van der Waals surface area contributed by atoms with E-state index in [2.05, 4.69) is 11.8 Å². The molecule has 0 spiro atoms. The Morgan fingerprint density at radius 1 is 1.03 bits per heavy atom. The van der Waals surface area contributed by atoms with E-state index in [0.717, 1.165) is 73.5 Å². The van der Waals surface area contributed by atoms with Crippen LogP contribution in [0.15, 0.2) is 42.5 Å². The smallest absolute Gasteiger partial charge is 0.165 e. The minimum absolute atomic E-state index is 0.237. The van der Waals surface area contributed by atoms with Crippen molar-refractivity contribution in [2.24, 2.45) is 5.92 Å². The largest absolute Gasteiger partial charge is 0.507 e. The highest BCUT2D eigenvalue weighted by molar-refractivity contribution is 5.86. The summed E-state index contributed by atoms with van der Waals surface area (Å²) in [5, 5.41) is 10.8. The van der Waals surface area contributed by atoms with E-state index < -0.39 is 0 Å². The van der Waals surface area contributed by atoms with Crippen LogP contribution in [0.2, 0.25) is 0 Å². The number of nitrogens with two attached hydrogens (primary N) is 1. The summed E-state index contributed by atoms with van der Waals surface area (Å²) in [7, 11) is 1.61. The highest BCUT2D eigenvalue weighted by Crippen LogP contribution is 2.43. The van der Waals surface area contributed by atoms with Crippen molar-refractivity contribution in [1.82, 2.24) is 4.90 Å². The summed E-state index contributed by atoms with van der Waals surface area (Å²) in [6.45, 7) is 5.73. The van der Waals surface area contributed by atoms with Crippen molar-refractivity contribution in [3.63, 3.8) is 0 Å². The van der Waals surface area contributed by atoms with E-state index in [9.17, 15) is 5.11 Å². The average molecular weight is 533 g/mol. The Bertz CT molecular complexity index is 1300. The third kappa shape index (κ3) is 6.01. The van der Waals surface area contributed by atoms with Crippen LogP contribution in [0.1, 0.15) is 61.3 Å². The molecule has 0 saturated carbocycles. The summed E-state index contributed by atoms with van der Waals surface area (Å²) >= 11 is 0. The van der Waals surface area contributed by atoms with Crippen molar-refractivity contribution in [3.05, 3.63) is 70.5 Å². The number of phenols is 1. The zero-order valence-electron chi connectivity index (χ0n) is 23.3. The number of halogens is 1. The number of methoxy groups -OCH3 is 1. The summed E-state index contributed by atoms with van der Waals surface area (Å²) < 4.78 is 26.5. The predicted octanol–water partition coefficient (Wildman–Crippen LogP) is 6.76. The molecule has 5 nitrogen and oxygen atoms in total. The van der Waals surface area contributed by atoms with E-state index in [-0.39, 0.29) is 17.3 Å². The van der Waals surface area contributed by atoms with Crippen molar-refractivity contribution >= 4 is 5.69 Å². The van der Waals surface area contributed by atoms with Gasteiger partial charge in [-0.1, -0.05) is 25.5 Å². The second-order valence-corrected chi connectivity index (χ2v) is 11.0. The van der Waals surface area contributed by atoms with Gasteiger partial charge in [0.25, 0.3) is 0 Å². The molecule has 0 amide bonds. The number of fused-ring (bicyclic) bond motifs is 1. The first kappa shape index (κ1) is 27.3. The number of hydrogen-bond acceptors (Lipinski definition) is 5. The maximum Gasteiger partial charge on any atom is 0.165 e. The number of rotatable bonds is 9. The molecule has 1 fully saturated rings. The molecule has 3 N–H and O–H groups in total. The molecule has 1 heterocycles. The van der Waals surface area contributed by atoms with Gasteiger partial charge in [-0.2, -0.15) is 0 Å². The molecular weight excluding hydrogens is 491 g/mol. The maximum absolute atomic E-state index is 15.0. The third-order valence-corrected chi connectivity index (χ3v) is 8.64. The zero-order valence-corrected chi connectivity index (χ0v) is 23.3. The lowest BCUT2D eigenvalue weighted by Crippen LogP contribution is -2.36. The summed E-state index contributed by atoms with van der Waals surface area (Å²) in [6, 6.07) is 12.7. The third-order valence-electron chi connectivity index (χ3n) is 8.64. The van der Waals surface area contributed by atoms with Gasteiger partial charge in [-0.3, -0.25) is 4.90 Å². The summed E-state index contributed by atoms with van der Waals surface area (Å²) in [4.78, 5) is 2.40. The lowest BCUT2D eigenvalue weighted by Gasteiger charge is -2.31. The molecule has 208 valence electrons. The van der Waals surface area contributed by atoms with E-state index >= 15 is 4.39 Å². The van der Waals surface area contributed by atoms with E-state index in [1.54, 1.807) is 19.2 Å². The summed E-state index contributed by atoms with van der Waals surface area (Å²) in [5.74, 6) is 1.62. The Morgan fingerprint density at radius 3 is 2.54 bits per heavy atom. The standard InChI is InChI=1S/C33H41FN2O3/c1-3-22-14-16-36(17-15-22)18-19-39-31-12-8-23(21-28(31)34)20-27-30(38-2)13-10-26(33(27)35)32-25-7-5-4-6-24(25)9-11-29(32)37/h8-13,21-22,37H,3-7,14-20,35H2,1-2H3. The Labute approximate surface area is 231 Å². The molecule has 6 heteroatoms. The Balaban J connectivity index is 1.32. The molecule has 0 radical (unpaired) electrons. The van der Waals surface area contributed by atoms with Gasteiger partial charge in [0.15, 0.2) is 11.6 Å². The van der Waals surface area contributed by atoms with Crippen LogP contribution in [0.25, 0.3) is 11.1 Å². The number of piperidine rings is 1. The van der Waals surface area contributed by atoms with Gasteiger partial charge < -0.3 is 20.3 Å². The summed E-state index contributed by atoms with van der Waals surface area (Å²) in [5.41, 5.74) is 12.9. The number of ether oxygens (including phenoxy) is 2. The van der Waals surface area contributed by atoms with Gasteiger partial charge in [0.2, 0.25) is 0 Å². The van der Waals surface area contributed by atoms with Gasteiger partial charge >= 0.3 is 0 Å². The highest BCUT2D eigenvalue weighted by Gasteiger charge is 2.22. The lowest BCUT2D eigenvalue weighted by atomic mass is 9.84. The first-order valence-electron chi connectivity index (χ1n) is 14.4. The van der Waals surface area contributed by atoms with E-state index in [1.165, 1.54) is 36.5 Å². The molecule has 1 aliphatic heterocycles. The zero-order chi connectivity index (χ0) is 27.4. The fourth-order valence-electron chi connectivity index (χ4n) is 6.23. The van der Waals surface area contributed by atoms with Crippen LogP contribution in [0.3, 0.4) is 0 Å². The van der Waals surface area contributed by atoms with Gasteiger partial charge in [0.1, 0.15) is 18.1 Å². The van der Waals surface area contributed by atoms with Crippen LogP contribution in [-0.2, 0) is 19.3 Å². The minimum Gasteiger partial charge on any atom is -0.507 e. The Kier molecular flexibility index (Phi) is 8.61. The predicted molar refractivity (Wildman–Crippen MR) is 155 cm³/mol. The Hall–Kier alpha value is -3.25. The molecule has 0 atom stereocenters. The molecule has 0 aromatic heterocycles. The van der Waals surface area contributed by atoms with Crippen molar-refractivity contribution in [2.75, 3.05) is 39.1 Å². The van der Waals surface area contributed by atoms with Crippen LogP contribution >= 0.6 is 0 Å². The van der Waals surface area contributed by atoms with E-state index in [0.29, 0.717) is 24.5 Å². The monoisotopic (exact) mass is 532 g/mol. The van der Waals surface area contributed by atoms with Crippen molar-refractivity contribution < 1.29 is 19.0 Å². The molecule has 39 heavy (non-hydrogen) atoms. The number of hydrogen-bond donors (Lipinski definition) is 2. The van der Waals surface area contributed by atoms with Gasteiger partial charge in [-0.05, 0) is 105 Å². The lowest BCUT2D eigenvalue weighted by molar-refractivity contribution is 0.151. The quantitative estimate of drug-likeness (QED) is 0.298. The van der Waals surface area contributed by atoms with Crippen molar-refractivity contribution in [1.29, 1.82) is 0 Å². The molecule has 0 bridgehead atoms. The average Bonchev–Trinajstić information content (AvgIpc) is 2.96. The molecular formula is C33H41FN2O3. The van der Waals surface area contributed by atoms with Crippen LogP contribution in [0.4, 0.5) is 10.1 Å². The minimum atomic E-state index is -0.374. The SMILES string of the molecule is CCC1CCN(CCOc2ccc(Cc3c(OC)ccc(-c4c(O)ccc5c4CCCC5)c3N)cc2F)CC1. The van der Waals surface area contributed by atoms with E-state index in [1.807, 2.05) is 24.3 Å². The molecule has 1 saturated heterocycles. The molecule has 1 aliphatic carbocycles. The first-order valence-corrected chi connectivity index (χ1v) is 14.4. The fraction of sp³-hybridized carbons (Fsp3) is 0.455. The fourth-order valence-corrected chi connectivity index (χ4v) is 6.23. The number of nitrogen functional groups attached to an aromatic ring is 1. The number of nitrogens with zero attached hydrogens (tertiary/aromatic N) is 1. The normalized spacial score (nSPS) is 16.2. The number of aryl methyl sites for hydroxylation is 1. The molecule has 0 unspecified atom stereocenters. The number of anilines is 1.